The van der Waals surface area contributed by atoms with E-state index in [1.807, 2.05) is 36.5 Å². The Hall–Kier alpha value is -4.04. The first-order chi connectivity index (χ1) is 16.5. The number of carbonyl (C=O) groups excluding carboxylic acids is 3. The second-order valence-corrected chi connectivity index (χ2v) is 9.11. The van der Waals surface area contributed by atoms with Crippen LogP contribution in [-0.4, -0.2) is 35.1 Å². The van der Waals surface area contributed by atoms with E-state index in [1.165, 1.54) is 16.7 Å². The first kappa shape index (κ1) is 21.8. The Morgan fingerprint density at radius 3 is 2.68 bits per heavy atom. The third kappa shape index (κ3) is 4.27. The van der Waals surface area contributed by atoms with Crippen LogP contribution >= 0.6 is 11.8 Å². The van der Waals surface area contributed by atoms with Crippen LogP contribution in [0.1, 0.15) is 16.8 Å². The van der Waals surface area contributed by atoms with Crippen molar-refractivity contribution in [2.24, 2.45) is 0 Å². The number of nitrogens with zero attached hydrogens (tertiary/aromatic N) is 1. The molecule has 1 unspecified atom stereocenters. The molecule has 1 aliphatic rings. The van der Waals surface area contributed by atoms with Crippen molar-refractivity contribution >= 4 is 51.8 Å². The highest BCUT2D eigenvalue weighted by Crippen LogP contribution is 2.35. The number of carbonyl (C=O) groups is 3. The molecule has 1 atom stereocenters. The molecule has 5 rings (SSSR count). The minimum absolute atomic E-state index is 0.139. The van der Waals surface area contributed by atoms with Crippen LogP contribution in [0.5, 0.6) is 5.75 Å². The highest BCUT2D eigenvalue weighted by Gasteiger charge is 2.40. The summed E-state index contributed by atoms with van der Waals surface area (Å²) in [6.07, 6.45) is 1.96. The molecule has 3 aromatic carbocycles. The molecule has 3 amide bonds. The van der Waals surface area contributed by atoms with Crippen molar-refractivity contribution in [1.82, 2.24) is 4.98 Å². The molecule has 0 saturated carbocycles. The van der Waals surface area contributed by atoms with E-state index < -0.39 is 5.25 Å². The maximum absolute atomic E-state index is 13.0. The third-order valence-electron chi connectivity index (χ3n) is 5.62. The van der Waals surface area contributed by atoms with Crippen molar-refractivity contribution in [2.45, 2.75) is 16.6 Å². The second-order valence-electron chi connectivity index (χ2n) is 7.84. The van der Waals surface area contributed by atoms with Crippen molar-refractivity contribution in [2.75, 3.05) is 17.3 Å². The smallest absolute Gasteiger partial charge is 0.255 e. The predicted octanol–water partition coefficient (Wildman–Crippen LogP) is 4.85. The monoisotopic (exact) mass is 471 g/mol. The van der Waals surface area contributed by atoms with Crippen molar-refractivity contribution in [1.29, 1.82) is 0 Å². The molecule has 0 spiro atoms. The summed E-state index contributed by atoms with van der Waals surface area (Å²) in [6.45, 7) is 0. The number of amides is 3. The molecule has 8 heteroatoms. The minimum atomic E-state index is -0.496. The predicted molar refractivity (Wildman–Crippen MR) is 132 cm³/mol. The normalized spacial score (nSPS) is 15.7. The van der Waals surface area contributed by atoms with Gasteiger partial charge in [0.25, 0.3) is 5.91 Å². The Bertz CT molecular complexity index is 1400. The van der Waals surface area contributed by atoms with E-state index in [9.17, 15) is 14.4 Å². The number of methoxy groups -OCH3 is 1. The number of nitrogens with one attached hydrogen (secondary N) is 2. The van der Waals surface area contributed by atoms with Gasteiger partial charge < -0.3 is 15.0 Å². The maximum atomic E-state index is 13.0. The Morgan fingerprint density at radius 1 is 1.06 bits per heavy atom. The lowest BCUT2D eigenvalue weighted by atomic mass is 10.2. The van der Waals surface area contributed by atoms with E-state index in [0.29, 0.717) is 22.7 Å². The van der Waals surface area contributed by atoms with Crippen molar-refractivity contribution in [3.05, 3.63) is 84.6 Å². The van der Waals surface area contributed by atoms with Gasteiger partial charge in [0.1, 0.15) is 5.75 Å². The number of rotatable bonds is 6. The van der Waals surface area contributed by atoms with Gasteiger partial charge >= 0.3 is 0 Å². The molecule has 2 N–H and O–H groups in total. The number of anilines is 2. The zero-order valence-corrected chi connectivity index (χ0v) is 19.1. The summed E-state index contributed by atoms with van der Waals surface area (Å²) in [6, 6.07) is 21.6. The summed E-state index contributed by atoms with van der Waals surface area (Å²) in [5.41, 5.74) is 2.57. The molecule has 4 aromatic rings. The quantitative estimate of drug-likeness (QED) is 0.392. The van der Waals surface area contributed by atoms with Crippen molar-refractivity contribution in [3.63, 3.8) is 0 Å². The number of aromatic amines is 1. The van der Waals surface area contributed by atoms with E-state index in [4.69, 9.17) is 4.74 Å². The average Bonchev–Trinajstić information content (AvgIpc) is 3.43. The number of hydrogen-bond acceptors (Lipinski definition) is 5. The van der Waals surface area contributed by atoms with Crippen LogP contribution in [0.25, 0.3) is 10.9 Å². The van der Waals surface area contributed by atoms with E-state index in [1.54, 1.807) is 49.6 Å². The second kappa shape index (κ2) is 9.07. The standard InChI is InChI=1S/C26H21N3O4S/c1-33-20-4-2-3-17(13-20)25(31)28-18-6-9-21(10-7-18)34-23-15-24(30)29(26(23)32)19-8-5-16-11-12-27-22(16)14-19/h2-14,23,27H,15H2,1H3,(H,28,31). The van der Waals surface area contributed by atoms with Crippen LogP contribution in [0.3, 0.4) is 0 Å². The summed E-state index contributed by atoms with van der Waals surface area (Å²) in [4.78, 5) is 43.4. The minimum Gasteiger partial charge on any atom is -0.497 e. The summed E-state index contributed by atoms with van der Waals surface area (Å²) >= 11 is 1.35. The van der Waals surface area contributed by atoms with Gasteiger partial charge in [-0.2, -0.15) is 0 Å². The number of thioether (sulfide) groups is 1. The lowest BCUT2D eigenvalue weighted by molar-refractivity contribution is -0.121. The Labute approximate surface area is 200 Å². The number of H-pyrrole nitrogens is 1. The van der Waals surface area contributed by atoms with Gasteiger partial charge in [0.15, 0.2) is 0 Å². The van der Waals surface area contributed by atoms with Crippen molar-refractivity contribution < 1.29 is 19.1 Å². The fraction of sp³-hybridized carbons (Fsp3) is 0.115. The first-order valence-corrected chi connectivity index (χ1v) is 11.6. The lowest BCUT2D eigenvalue weighted by Gasteiger charge is -2.15. The zero-order chi connectivity index (χ0) is 23.7. The molecule has 34 heavy (non-hydrogen) atoms. The number of aromatic nitrogens is 1. The van der Waals surface area contributed by atoms with Crippen LogP contribution in [0, 0.1) is 0 Å². The van der Waals surface area contributed by atoms with E-state index in [2.05, 4.69) is 10.3 Å². The highest BCUT2D eigenvalue weighted by atomic mass is 32.2. The summed E-state index contributed by atoms with van der Waals surface area (Å²) in [5.74, 6) is -0.0746. The van der Waals surface area contributed by atoms with Gasteiger partial charge in [-0.25, -0.2) is 4.90 Å². The number of imide groups is 1. The zero-order valence-electron chi connectivity index (χ0n) is 18.3. The highest BCUT2D eigenvalue weighted by molar-refractivity contribution is 8.00. The third-order valence-corrected chi connectivity index (χ3v) is 6.82. The van der Waals surface area contributed by atoms with Gasteiger partial charge in [-0.1, -0.05) is 12.1 Å². The lowest BCUT2D eigenvalue weighted by Crippen LogP contribution is -2.31. The van der Waals surface area contributed by atoms with Gasteiger partial charge in [-0.15, -0.1) is 11.8 Å². The molecule has 0 bridgehead atoms. The topological polar surface area (TPSA) is 91.5 Å². The molecule has 2 heterocycles. The summed E-state index contributed by atoms with van der Waals surface area (Å²) < 4.78 is 5.16. The van der Waals surface area contributed by atoms with E-state index in [-0.39, 0.29) is 24.1 Å². The summed E-state index contributed by atoms with van der Waals surface area (Å²) in [5, 5.41) is 3.38. The van der Waals surface area contributed by atoms with Crippen LogP contribution in [-0.2, 0) is 9.59 Å². The Kier molecular flexibility index (Phi) is 5.81. The molecule has 1 fully saturated rings. The molecule has 1 aromatic heterocycles. The van der Waals surface area contributed by atoms with Gasteiger partial charge in [-0.3, -0.25) is 14.4 Å². The van der Waals surface area contributed by atoms with Crippen molar-refractivity contribution in [3.8, 4) is 5.75 Å². The van der Waals surface area contributed by atoms with Crippen LogP contribution in [0.4, 0.5) is 11.4 Å². The number of fused-ring (bicyclic) bond motifs is 1. The van der Waals surface area contributed by atoms with Crippen LogP contribution < -0.4 is 15.0 Å². The molecule has 7 nitrogen and oxygen atoms in total. The number of hydrogen-bond donors (Lipinski definition) is 2. The van der Waals surface area contributed by atoms with Gasteiger partial charge in [0.2, 0.25) is 11.8 Å². The summed E-state index contributed by atoms with van der Waals surface area (Å²) in [7, 11) is 1.55. The van der Waals surface area contributed by atoms with Crippen LogP contribution in [0.2, 0.25) is 0 Å². The van der Waals surface area contributed by atoms with Gasteiger partial charge in [-0.05, 0) is 66.0 Å². The average molecular weight is 472 g/mol. The maximum Gasteiger partial charge on any atom is 0.255 e. The largest absolute Gasteiger partial charge is 0.497 e. The van der Waals surface area contributed by atoms with E-state index in [0.717, 1.165) is 15.8 Å². The van der Waals surface area contributed by atoms with Gasteiger partial charge in [0, 0.05) is 34.3 Å². The first-order valence-electron chi connectivity index (χ1n) is 10.7. The molecule has 0 aliphatic carbocycles. The van der Waals surface area contributed by atoms with E-state index >= 15 is 0 Å². The molecule has 170 valence electrons. The SMILES string of the molecule is COc1cccc(C(=O)Nc2ccc(SC3CC(=O)N(c4ccc5cc[nH]c5c4)C3=O)cc2)c1. The Balaban J connectivity index is 1.25. The molecule has 1 aliphatic heterocycles. The molecular weight excluding hydrogens is 450 g/mol. The fourth-order valence-electron chi connectivity index (χ4n) is 3.89. The Morgan fingerprint density at radius 2 is 1.88 bits per heavy atom. The van der Waals surface area contributed by atoms with Crippen LogP contribution in [0.15, 0.2) is 83.9 Å². The molecule has 0 radical (unpaired) electrons. The molecule has 1 saturated heterocycles. The molecular formula is C26H21N3O4S. The number of ether oxygens (including phenoxy) is 1. The number of benzene rings is 3. The van der Waals surface area contributed by atoms with Gasteiger partial charge in [0.05, 0.1) is 18.0 Å². The fourth-order valence-corrected chi connectivity index (χ4v) is 4.94.